The average Bonchev–Trinajstić information content (AvgIpc) is 3.36. The molecule has 3 aromatic heterocycles. The Morgan fingerprint density at radius 1 is 1.03 bits per heavy atom. The van der Waals surface area contributed by atoms with Crippen LogP contribution < -0.4 is 15.0 Å². The van der Waals surface area contributed by atoms with Crippen LogP contribution in [-0.2, 0) is 0 Å². The van der Waals surface area contributed by atoms with E-state index in [-0.39, 0.29) is 5.56 Å². The van der Waals surface area contributed by atoms with Crippen LogP contribution in [0.5, 0.6) is 5.75 Å². The highest BCUT2D eigenvalue weighted by Crippen LogP contribution is 2.32. The fourth-order valence-corrected chi connectivity index (χ4v) is 4.35. The summed E-state index contributed by atoms with van der Waals surface area (Å²) in [5.74, 6) is 1.21. The maximum atomic E-state index is 13.0. The van der Waals surface area contributed by atoms with Gasteiger partial charge in [0.15, 0.2) is 5.82 Å². The summed E-state index contributed by atoms with van der Waals surface area (Å²) in [6.45, 7) is 0. The van der Waals surface area contributed by atoms with Gasteiger partial charge in [0.1, 0.15) is 12.0 Å². The molecule has 5 rings (SSSR count). The summed E-state index contributed by atoms with van der Waals surface area (Å²) in [4.78, 5) is 18.1. The lowest BCUT2D eigenvalue weighted by Gasteiger charge is -2.16. The Hall–Kier alpha value is -3.75. The predicted molar refractivity (Wildman–Crippen MR) is 130 cm³/mol. The van der Waals surface area contributed by atoms with E-state index in [0.29, 0.717) is 22.3 Å². The number of hydrogen-bond donors (Lipinski definition) is 1. The molecule has 0 bridgehead atoms. The van der Waals surface area contributed by atoms with Gasteiger partial charge in [-0.3, -0.25) is 14.3 Å². The molecule has 0 atom stereocenters. The summed E-state index contributed by atoms with van der Waals surface area (Å²) in [7, 11) is 1.58. The van der Waals surface area contributed by atoms with Gasteiger partial charge in [0.05, 0.1) is 23.3 Å². The first-order valence-corrected chi connectivity index (χ1v) is 11.1. The summed E-state index contributed by atoms with van der Waals surface area (Å²) in [5, 5.41) is 5.28. The van der Waals surface area contributed by atoms with Crippen molar-refractivity contribution in [1.82, 2.24) is 14.7 Å². The first-order valence-electron chi connectivity index (χ1n) is 9.91. The molecule has 1 N–H and O–H groups in total. The number of hydrogen-bond acceptors (Lipinski definition) is 7. The minimum atomic E-state index is -0.164. The SMILES string of the molecule is COc1ccc(-c2cncc(Cl)c2)cc1-n1c(=O)ccc2cc(SNc3ccon3)ccc21. The summed E-state index contributed by atoms with van der Waals surface area (Å²) in [5.41, 5.74) is 2.94. The van der Waals surface area contributed by atoms with Gasteiger partial charge in [-0.25, -0.2) is 0 Å². The van der Waals surface area contributed by atoms with Gasteiger partial charge in [0, 0.05) is 35.0 Å². The third kappa shape index (κ3) is 4.30. The largest absolute Gasteiger partial charge is 0.495 e. The van der Waals surface area contributed by atoms with Crippen molar-refractivity contribution in [2.45, 2.75) is 4.90 Å². The van der Waals surface area contributed by atoms with Crippen molar-refractivity contribution in [1.29, 1.82) is 0 Å². The zero-order valence-corrected chi connectivity index (χ0v) is 18.9. The third-order valence-corrected chi connectivity index (χ3v) is 6.04. The van der Waals surface area contributed by atoms with Crippen LogP contribution in [0.3, 0.4) is 0 Å². The van der Waals surface area contributed by atoms with E-state index in [0.717, 1.165) is 26.9 Å². The molecule has 0 saturated heterocycles. The van der Waals surface area contributed by atoms with Gasteiger partial charge < -0.3 is 14.0 Å². The number of anilines is 1. The number of nitrogens with zero attached hydrogens (tertiary/aromatic N) is 3. The standard InChI is InChI=1S/C24H17ClN4O3S/c1-31-22-6-2-15(17-10-18(25)14-26-13-17)12-21(22)29-20-5-4-19(11-16(20)3-7-24(29)30)33-28-23-8-9-32-27-23/h2-14H,1H3,(H,27,28). The van der Waals surface area contributed by atoms with Crippen LogP contribution in [0.25, 0.3) is 27.7 Å². The number of ether oxygens (including phenoxy) is 1. The lowest BCUT2D eigenvalue weighted by molar-refractivity contribution is 0.413. The van der Waals surface area contributed by atoms with Crippen LogP contribution in [-0.4, -0.2) is 21.8 Å². The molecular weight excluding hydrogens is 460 g/mol. The van der Waals surface area contributed by atoms with Crippen molar-refractivity contribution in [3.63, 3.8) is 0 Å². The molecule has 33 heavy (non-hydrogen) atoms. The normalized spacial score (nSPS) is 11.0. The van der Waals surface area contributed by atoms with Crippen LogP contribution in [0.4, 0.5) is 5.82 Å². The van der Waals surface area contributed by atoms with Gasteiger partial charge in [-0.2, -0.15) is 0 Å². The first-order chi connectivity index (χ1) is 16.1. The number of rotatable bonds is 6. The molecule has 0 spiro atoms. The second kappa shape index (κ2) is 9.01. The molecule has 3 heterocycles. The molecule has 5 aromatic rings. The Labute approximate surface area is 198 Å². The molecule has 0 aliphatic heterocycles. The van der Waals surface area contributed by atoms with Crippen molar-refractivity contribution in [3.8, 4) is 22.6 Å². The fourth-order valence-electron chi connectivity index (χ4n) is 3.53. The lowest BCUT2D eigenvalue weighted by atomic mass is 10.1. The summed E-state index contributed by atoms with van der Waals surface area (Å²) in [6, 6.07) is 18.4. The highest BCUT2D eigenvalue weighted by atomic mass is 35.5. The second-order valence-electron chi connectivity index (χ2n) is 7.09. The molecule has 164 valence electrons. The van der Waals surface area contributed by atoms with Gasteiger partial charge in [0.25, 0.3) is 5.56 Å². The smallest absolute Gasteiger partial charge is 0.255 e. The Balaban J connectivity index is 1.60. The molecule has 9 heteroatoms. The van der Waals surface area contributed by atoms with Crippen LogP contribution in [0.15, 0.2) is 93.5 Å². The molecule has 0 unspecified atom stereocenters. The van der Waals surface area contributed by atoms with E-state index in [1.807, 2.05) is 48.5 Å². The number of benzene rings is 2. The second-order valence-corrected chi connectivity index (χ2v) is 8.41. The Morgan fingerprint density at radius 2 is 1.94 bits per heavy atom. The van der Waals surface area contributed by atoms with Gasteiger partial charge in [0.2, 0.25) is 0 Å². The summed E-state index contributed by atoms with van der Waals surface area (Å²) >= 11 is 7.53. The molecule has 0 amide bonds. The quantitative estimate of drug-likeness (QED) is 0.309. The van der Waals surface area contributed by atoms with Crippen LogP contribution >= 0.6 is 23.5 Å². The molecule has 0 aliphatic carbocycles. The zero-order chi connectivity index (χ0) is 22.8. The van der Waals surface area contributed by atoms with Crippen molar-refractivity contribution in [2.75, 3.05) is 11.8 Å². The van der Waals surface area contributed by atoms with Gasteiger partial charge >= 0.3 is 0 Å². The lowest BCUT2D eigenvalue weighted by Crippen LogP contribution is -2.18. The first kappa shape index (κ1) is 21.1. The number of halogens is 1. The van der Waals surface area contributed by atoms with Gasteiger partial charge in [-0.05, 0) is 65.4 Å². The molecular formula is C24H17ClN4O3S. The monoisotopic (exact) mass is 476 g/mol. The maximum Gasteiger partial charge on any atom is 0.255 e. The number of pyridine rings is 2. The van der Waals surface area contributed by atoms with E-state index in [2.05, 4.69) is 14.9 Å². The summed E-state index contributed by atoms with van der Waals surface area (Å²) < 4.78 is 15.2. The minimum absolute atomic E-state index is 0.164. The topological polar surface area (TPSA) is 82.2 Å². The van der Waals surface area contributed by atoms with Crippen molar-refractivity contribution < 1.29 is 9.26 Å². The zero-order valence-electron chi connectivity index (χ0n) is 17.4. The predicted octanol–water partition coefficient (Wildman–Crippen LogP) is 5.82. The molecule has 0 fully saturated rings. The van der Waals surface area contributed by atoms with Crippen LogP contribution in [0, 0.1) is 0 Å². The minimum Gasteiger partial charge on any atom is -0.495 e. The van der Waals surface area contributed by atoms with E-state index < -0.39 is 0 Å². The molecule has 0 aliphatic rings. The number of methoxy groups -OCH3 is 1. The van der Waals surface area contributed by atoms with Crippen molar-refractivity contribution in [2.24, 2.45) is 0 Å². The molecule has 0 radical (unpaired) electrons. The van der Waals surface area contributed by atoms with E-state index in [4.69, 9.17) is 20.9 Å². The van der Waals surface area contributed by atoms with Crippen LogP contribution in [0.2, 0.25) is 5.02 Å². The number of fused-ring (bicyclic) bond motifs is 1. The van der Waals surface area contributed by atoms with Gasteiger partial charge in [-0.1, -0.05) is 22.8 Å². The Kier molecular flexibility index (Phi) is 5.77. The average molecular weight is 477 g/mol. The maximum absolute atomic E-state index is 13.0. The van der Waals surface area contributed by atoms with E-state index in [1.165, 1.54) is 18.2 Å². The van der Waals surface area contributed by atoms with Crippen LogP contribution in [0.1, 0.15) is 0 Å². The molecule has 0 saturated carbocycles. The van der Waals surface area contributed by atoms with E-state index in [1.54, 1.807) is 36.2 Å². The Morgan fingerprint density at radius 3 is 2.73 bits per heavy atom. The number of nitrogens with one attached hydrogen (secondary N) is 1. The molecule has 7 nitrogen and oxygen atoms in total. The summed E-state index contributed by atoms with van der Waals surface area (Å²) in [6.07, 6.45) is 4.81. The Bertz CT molecular complexity index is 1500. The van der Waals surface area contributed by atoms with Gasteiger partial charge in [-0.15, -0.1) is 0 Å². The van der Waals surface area contributed by atoms with Crippen molar-refractivity contribution >= 4 is 40.3 Å². The number of aromatic nitrogens is 3. The fraction of sp³-hybridized carbons (Fsp3) is 0.0417. The highest BCUT2D eigenvalue weighted by molar-refractivity contribution is 8.00. The van der Waals surface area contributed by atoms with E-state index >= 15 is 0 Å². The van der Waals surface area contributed by atoms with E-state index in [9.17, 15) is 4.79 Å². The molecule has 2 aromatic carbocycles. The van der Waals surface area contributed by atoms with Crippen molar-refractivity contribution in [3.05, 3.63) is 94.7 Å². The highest BCUT2D eigenvalue weighted by Gasteiger charge is 2.13. The third-order valence-electron chi connectivity index (χ3n) is 5.03.